The summed E-state index contributed by atoms with van der Waals surface area (Å²) in [5, 5.41) is 12.1. The molecule has 0 fully saturated rings. The number of hydrogen-bond donors (Lipinski definition) is 0. The summed E-state index contributed by atoms with van der Waals surface area (Å²) in [6.45, 7) is -0.121. The van der Waals surface area contributed by atoms with E-state index in [1.54, 1.807) is 60.7 Å². The first-order chi connectivity index (χ1) is 16.6. The van der Waals surface area contributed by atoms with Gasteiger partial charge in [0.1, 0.15) is 16.9 Å². The number of hydrogen-bond acceptors (Lipinski definition) is 6. The summed E-state index contributed by atoms with van der Waals surface area (Å²) in [5.74, 6) is 0.412. The molecule has 7 heteroatoms. The maximum Gasteiger partial charge on any atom is 0.200 e. The average Bonchev–Trinajstić information content (AvgIpc) is 3.37. The van der Waals surface area contributed by atoms with Crippen LogP contribution in [0.4, 0.5) is 4.39 Å². The summed E-state index contributed by atoms with van der Waals surface area (Å²) in [6.07, 6.45) is 1.70. The molecule has 0 spiro atoms. The fraction of sp³-hybridized carbons (Fsp3) is 0.0741. The van der Waals surface area contributed by atoms with Gasteiger partial charge in [0.05, 0.1) is 18.4 Å². The van der Waals surface area contributed by atoms with Gasteiger partial charge in [-0.25, -0.2) is 9.37 Å². The summed E-state index contributed by atoms with van der Waals surface area (Å²) < 4.78 is 24.3. The lowest BCUT2D eigenvalue weighted by Gasteiger charge is -2.11. The van der Waals surface area contributed by atoms with Crippen molar-refractivity contribution >= 4 is 28.8 Å². The van der Waals surface area contributed by atoms with Gasteiger partial charge in [-0.15, -0.1) is 11.3 Å². The molecule has 0 atom stereocenters. The Labute approximate surface area is 200 Å². The van der Waals surface area contributed by atoms with Crippen LogP contribution in [-0.4, -0.2) is 24.5 Å². The van der Waals surface area contributed by atoms with Crippen molar-refractivity contribution in [2.45, 2.75) is 0 Å². The minimum Gasteiger partial charge on any atom is -0.493 e. The molecule has 0 radical (unpaired) electrons. The molecule has 0 aliphatic carbocycles. The number of rotatable bonds is 8. The van der Waals surface area contributed by atoms with Crippen LogP contribution in [0.1, 0.15) is 20.9 Å². The highest BCUT2D eigenvalue weighted by molar-refractivity contribution is 7.11. The fourth-order valence-electron chi connectivity index (χ4n) is 3.20. The van der Waals surface area contributed by atoms with E-state index in [1.807, 2.05) is 11.4 Å². The first-order valence-corrected chi connectivity index (χ1v) is 11.2. The molecule has 168 valence electrons. The molecule has 0 aliphatic heterocycles. The van der Waals surface area contributed by atoms with E-state index in [0.717, 1.165) is 5.56 Å². The molecule has 1 aromatic heterocycles. The van der Waals surface area contributed by atoms with Gasteiger partial charge in [0, 0.05) is 16.5 Å². The van der Waals surface area contributed by atoms with Crippen LogP contribution in [0.5, 0.6) is 11.5 Å². The molecule has 4 aromatic rings. The normalized spacial score (nSPS) is 11.0. The standard InChI is InChI=1S/C27H19FN2O3S/c1-32-26-14-18(7-12-25(26)33-16-24(31)20-5-3-2-4-6-20)13-21(15-29)27-30-23(17-34-27)19-8-10-22(28)11-9-19/h2-14,17H,16H2,1H3. The maximum absolute atomic E-state index is 13.2. The quantitative estimate of drug-likeness (QED) is 0.224. The molecule has 34 heavy (non-hydrogen) atoms. The van der Waals surface area contributed by atoms with Gasteiger partial charge in [0.15, 0.2) is 23.9 Å². The smallest absolute Gasteiger partial charge is 0.200 e. The molecule has 0 saturated carbocycles. The number of ketones is 1. The van der Waals surface area contributed by atoms with Gasteiger partial charge in [-0.2, -0.15) is 5.26 Å². The molecule has 5 nitrogen and oxygen atoms in total. The summed E-state index contributed by atoms with van der Waals surface area (Å²) in [5.41, 5.74) is 3.12. The van der Waals surface area contributed by atoms with Crippen molar-refractivity contribution < 1.29 is 18.7 Å². The molecule has 1 heterocycles. The predicted molar refractivity (Wildman–Crippen MR) is 130 cm³/mol. The van der Waals surface area contributed by atoms with Crippen molar-refractivity contribution in [3.8, 4) is 28.8 Å². The van der Waals surface area contributed by atoms with Crippen molar-refractivity contribution in [1.29, 1.82) is 5.26 Å². The summed E-state index contributed by atoms with van der Waals surface area (Å²) in [7, 11) is 1.51. The van der Waals surface area contributed by atoms with E-state index in [1.165, 1.54) is 30.6 Å². The van der Waals surface area contributed by atoms with Crippen LogP contribution in [0.3, 0.4) is 0 Å². The Bertz CT molecular complexity index is 1370. The summed E-state index contributed by atoms with van der Waals surface area (Å²) in [6, 6.07) is 22.3. The van der Waals surface area contributed by atoms with Crippen molar-refractivity contribution in [3.05, 3.63) is 100 Å². The van der Waals surface area contributed by atoms with E-state index in [-0.39, 0.29) is 18.2 Å². The Balaban J connectivity index is 1.52. The Morgan fingerprint density at radius 3 is 2.56 bits per heavy atom. The number of carbonyl (C=O) groups is 1. The molecule has 0 bridgehead atoms. The number of ether oxygens (including phenoxy) is 2. The minimum atomic E-state index is -0.317. The summed E-state index contributed by atoms with van der Waals surface area (Å²) >= 11 is 1.33. The topological polar surface area (TPSA) is 72.2 Å². The first-order valence-electron chi connectivity index (χ1n) is 10.3. The number of nitrogens with zero attached hydrogens (tertiary/aromatic N) is 2. The predicted octanol–water partition coefficient (Wildman–Crippen LogP) is 6.28. The number of methoxy groups -OCH3 is 1. The van der Waals surface area contributed by atoms with Crippen LogP contribution in [0.2, 0.25) is 0 Å². The van der Waals surface area contributed by atoms with Crippen molar-refractivity contribution in [2.24, 2.45) is 0 Å². The third-order valence-corrected chi connectivity index (χ3v) is 5.82. The second-order valence-corrected chi connectivity index (χ2v) is 8.06. The van der Waals surface area contributed by atoms with Gasteiger partial charge in [-0.05, 0) is 48.0 Å². The number of carbonyl (C=O) groups excluding carboxylic acids is 1. The zero-order chi connectivity index (χ0) is 23.9. The largest absolute Gasteiger partial charge is 0.493 e. The SMILES string of the molecule is COc1cc(C=C(C#N)c2nc(-c3ccc(F)cc3)cs2)ccc1OCC(=O)c1ccccc1. The lowest BCUT2D eigenvalue weighted by Crippen LogP contribution is -2.11. The number of Topliss-reactive ketones (excluding diaryl/α,β-unsaturated/α-hetero) is 1. The van der Waals surface area contributed by atoms with E-state index < -0.39 is 0 Å². The van der Waals surface area contributed by atoms with Gasteiger partial charge >= 0.3 is 0 Å². The molecule has 0 unspecified atom stereocenters. The third kappa shape index (κ3) is 5.37. The molecular formula is C27H19FN2O3S. The van der Waals surface area contributed by atoms with Crippen LogP contribution in [0.25, 0.3) is 22.9 Å². The maximum atomic E-state index is 13.2. The van der Waals surface area contributed by atoms with Gasteiger partial charge in [-0.1, -0.05) is 36.4 Å². The van der Waals surface area contributed by atoms with Gasteiger partial charge in [0.2, 0.25) is 0 Å². The highest BCUT2D eigenvalue weighted by Gasteiger charge is 2.12. The zero-order valence-electron chi connectivity index (χ0n) is 18.2. The highest BCUT2D eigenvalue weighted by atomic mass is 32.1. The molecule has 0 amide bonds. The van der Waals surface area contributed by atoms with E-state index in [4.69, 9.17) is 9.47 Å². The first kappa shape index (κ1) is 22.9. The number of benzene rings is 3. The third-order valence-electron chi connectivity index (χ3n) is 4.95. The molecule has 3 aromatic carbocycles. The second-order valence-electron chi connectivity index (χ2n) is 7.20. The van der Waals surface area contributed by atoms with Crippen LogP contribution < -0.4 is 9.47 Å². The number of halogens is 1. The molecule has 0 aliphatic rings. The number of nitriles is 1. The Kier molecular flexibility index (Phi) is 7.11. The molecule has 0 N–H and O–H groups in total. The highest BCUT2D eigenvalue weighted by Crippen LogP contribution is 2.31. The summed E-state index contributed by atoms with van der Waals surface area (Å²) in [4.78, 5) is 16.8. The van der Waals surface area contributed by atoms with Crippen LogP contribution >= 0.6 is 11.3 Å². The van der Waals surface area contributed by atoms with Gasteiger partial charge in [0.25, 0.3) is 0 Å². The number of aromatic nitrogens is 1. The Morgan fingerprint density at radius 2 is 1.85 bits per heavy atom. The van der Waals surface area contributed by atoms with Crippen molar-refractivity contribution in [3.63, 3.8) is 0 Å². The van der Waals surface area contributed by atoms with Gasteiger partial charge in [-0.3, -0.25) is 4.79 Å². The number of allylic oxidation sites excluding steroid dienone is 1. The average molecular weight is 471 g/mol. The molecule has 4 rings (SSSR count). The lowest BCUT2D eigenvalue weighted by atomic mass is 10.1. The van der Waals surface area contributed by atoms with Crippen LogP contribution in [0.15, 0.2) is 78.2 Å². The van der Waals surface area contributed by atoms with Crippen LogP contribution in [0, 0.1) is 17.1 Å². The van der Waals surface area contributed by atoms with E-state index in [9.17, 15) is 14.4 Å². The molecular weight excluding hydrogens is 451 g/mol. The van der Waals surface area contributed by atoms with Crippen molar-refractivity contribution in [1.82, 2.24) is 4.98 Å². The van der Waals surface area contributed by atoms with Gasteiger partial charge < -0.3 is 9.47 Å². The molecule has 0 saturated heterocycles. The Hall–Kier alpha value is -4.28. The zero-order valence-corrected chi connectivity index (χ0v) is 19.0. The lowest BCUT2D eigenvalue weighted by molar-refractivity contribution is 0.0919. The van der Waals surface area contributed by atoms with E-state index >= 15 is 0 Å². The minimum absolute atomic E-state index is 0.121. The monoisotopic (exact) mass is 470 g/mol. The number of thiazole rings is 1. The van der Waals surface area contributed by atoms with Crippen molar-refractivity contribution in [2.75, 3.05) is 13.7 Å². The Morgan fingerprint density at radius 1 is 1.09 bits per heavy atom. The van der Waals surface area contributed by atoms with E-state index in [2.05, 4.69) is 11.1 Å². The van der Waals surface area contributed by atoms with E-state index in [0.29, 0.717) is 38.9 Å². The fourth-order valence-corrected chi connectivity index (χ4v) is 4.00. The second kappa shape index (κ2) is 10.6. The van der Waals surface area contributed by atoms with Crippen LogP contribution in [-0.2, 0) is 0 Å².